The van der Waals surface area contributed by atoms with Crippen LogP contribution in [0, 0.1) is 10.1 Å². The van der Waals surface area contributed by atoms with Gasteiger partial charge in [-0.05, 0) is 23.3 Å². The third-order valence-corrected chi connectivity index (χ3v) is 5.53. The van der Waals surface area contributed by atoms with Gasteiger partial charge < -0.3 is 5.11 Å². The highest BCUT2D eigenvalue weighted by Crippen LogP contribution is 2.32. The molecule has 1 aliphatic carbocycles. The predicted molar refractivity (Wildman–Crippen MR) is 111 cm³/mol. The minimum absolute atomic E-state index is 0.133. The van der Waals surface area contributed by atoms with E-state index in [0.717, 1.165) is 21.5 Å². The van der Waals surface area contributed by atoms with Gasteiger partial charge in [0.05, 0.1) is 16.3 Å². The summed E-state index contributed by atoms with van der Waals surface area (Å²) < 4.78 is 1.06. The Morgan fingerprint density at radius 3 is 2.59 bits per heavy atom. The summed E-state index contributed by atoms with van der Waals surface area (Å²) in [6, 6.07) is 13.4. The number of rotatable bonds is 4. The molecule has 4 rings (SSSR count). The Kier molecular flexibility index (Phi) is 4.69. The summed E-state index contributed by atoms with van der Waals surface area (Å²) in [6.45, 7) is -0.147. The van der Waals surface area contributed by atoms with Gasteiger partial charge in [-0.1, -0.05) is 59.9 Å². The van der Waals surface area contributed by atoms with Crippen molar-refractivity contribution in [2.75, 3.05) is 0 Å². The number of fused-ring (bicyclic) bond motifs is 1. The molecule has 29 heavy (non-hydrogen) atoms. The van der Waals surface area contributed by atoms with E-state index in [1.165, 1.54) is 30.4 Å². The van der Waals surface area contributed by atoms with Crippen molar-refractivity contribution in [3.8, 4) is 5.88 Å². The highest BCUT2D eigenvalue weighted by Gasteiger charge is 2.21. The first-order valence-corrected chi connectivity index (χ1v) is 9.46. The molecule has 0 saturated carbocycles. The normalized spacial score (nSPS) is 14.2. The van der Waals surface area contributed by atoms with E-state index in [1.807, 2.05) is 12.1 Å². The summed E-state index contributed by atoms with van der Waals surface area (Å²) in [5, 5.41) is 21.8. The molecule has 7 nitrogen and oxygen atoms in total. The van der Waals surface area contributed by atoms with E-state index in [9.17, 15) is 24.8 Å². The van der Waals surface area contributed by atoms with Gasteiger partial charge in [-0.3, -0.25) is 24.3 Å². The molecule has 0 fully saturated rings. The number of aromatic nitrogens is 1. The molecule has 0 radical (unpaired) electrons. The number of ketones is 1. The van der Waals surface area contributed by atoms with Crippen LogP contribution in [0.2, 0.25) is 0 Å². The molecule has 3 aromatic rings. The van der Waals surface area contributed by atoms with E-state index < -0.39 is 9.80 Å². The number of nitro benzene ring substituents is 1. The van der Waals surface area contributed by atoms with Gasteiger partial charge in [0.15, 0.2) is 5.78 Å². The van der Waals surface area contributed by atoms with Crippen molar-refractivity contribution < 1.29 is 14.8 Å². The molecule has 0 atom stereocenters. The van der Waals surface area contributed by atoms with Crippen LogP contribution in [-0.2, 0) is 11.3 Å². The average Bonchev–Trinajstić information content (AvgIpc) is 2.98. The van der Waals surface area contributed by atoms with Crippen molar-refractivity contribution in [3.05, 3.63) is 96.0 Å². The molecule has 1 aromatic heterocycles. The summed E-state index contributed by atoms with van der Waals surface area (Å²) in [4.78, 5) is 35.2. The van der Waals surface area contributed by atoms with Gasteiger partial charge in [0.2, 0.25) is 5.88 Å². The van der Waals surface area contributed by atoms with Gasteiger partial charge in [-0.15, -0.1) is 0 Å². The quantitative estimate of drug-likeness (QED) is 0.404. The molecule has 2 aromatic carbocycles. The zero-order valence-corrected chi connectivity index (χ0v) is 15.8. The lowest BCUT2D eigenvalue weighted by atomic mass is 9.91. The predicted octanol–water partition coefficient (Wildman–Crippen LogP) is 3.71. The topological polar surface area (TPSA) is 102 Å². The summed E-state index contributed by atoms with van der Waals surface area (Å²) >= 11 is 0.780. The van der Waals surface area contributed by atoms with Crippen molar-refractivity contribution in [2.45, 2.75) is 6.54 Å². The molecular formula is C21H14N2O5S. The number of carbonyl (C=O) groups excluding carboxylic acids is 1. The van der Waals surface area contributed by atoms with Crippen LogP contribution in [0.5, 0.6) is 5.88 Å². The lowest BCUT2D eigenvalue weighted by Gasteiger charge is -2.12. The highest BCUT2D eigenvalue weighted by atomic mass is 32.1. The standard InChI is InChI=1S/C21H14N2O5S/c24-18-10-9-13-5-1-3-7-15(13)16(18)11-19-20(25)22(21(26)29-19)12-14-6-2-4-8-17(14)23(27)28/h1-11,25H,12H2/b16-11-. The van der Waals surface area contributed by atoms with Crippen molar-refractivity contribution in [1.82, 2.24) is 4.57 Å². The third-order valence-electron chi connectivity index (χ3n) is 4.62. The number of nitrogens with zero attached hydrogens (tertiary/aromatic N) is 2. The number of hydrogen-bond donors (Lipinski definition) is 1. The average molecular weight is 406 g/mol. The van der Waals surface area contributed by atoms with Crippen molar-refractivity contribution in [3.63, 3.8) is 0 Å². The van der Waals surface area contributed by atoms with E-state index in [0.29, 0.717) is 16.7 Å². The Morgan fingerprint density at radius 2 is 1.79 bits per heavy atom. The Morgan fingerprint density at radius 1 is 1.07 bits per heavy atom. The lowest BCUT2D eigenvalue weighted by molar-refractivity contribution is -0.385. The second kappa shape index (κ2) is 7.33. The number of carbonyl (C=O) groups is 1. The fourth-order valence-electron chi connectivity index (χ4n) is 3.20. The Balaban J connectivity index is 1.77. The fraction of sp³-hybridized carbons (Fsp3) is 0.0476. The van der Waals surface area contributed by atoms with Gasteiger partial charge in [-0.25, -0.2) is 0 Å². The minimum Gasteiger partial charge on any atom is -0.493 e. The first kappa shape index (κ1) is 18.6. The van der Waals surface area contributed by atoms with Crippen LogP contribution in [0.15, 0.2) is 59.4 Å². The SMILES string of the molecule is O=C1C=Cc2ccccc2/C1=C/c1sc(=O)n(Cc2ccccc2[N+](=O)[O-])c1O. The molecule has 1 aliphatic rings. The van der Waals surface area contributed by atoms with E-state index >= 15 is 0 Å². The molecule has 0 unspecified atom stereocenters. The first-order valence-electron chi connectivity index (χ1n) is 8.64. The molecule has 8 heteroatoms. The van der Waals surface area contributed by atoms with Crippen LogP contribution in [-0.4, -0.2) is 20.4 Å². The van der Waals surface area contributed by atoms with Crippen LogP contribution in [0.4, 0.5) is 5.69 Å². The van der Waals surface area contributed by atoms with Gasteiger partial charge in [0.1, 0.15) is 0 Å². The zero-order valence-electron chi connectivity index (χ0n) is 14.9. The number of aromatic hydroxyl groups is 1. The molecule has 0 amide bonds. The molecule has 0 bridgehead atoms. The van der Waals surface area contributed by atoms with Crippen LogP contribution < -0.4 is 4.87 Å². The maximum absolute atomic E-state index is 12.4. The number of para-hydroxylation sites is 1. The molecule has 1 N–H and O–H groups in total. The molecular weight excluding hydrogens is 392 g/mol. The maximum Gasteiger partial charge on any atom is 0.310 e. The van der Waals surface area contributed by atoms with Crippen LogP contribution in [0.1, 0.15) is 21.6 Å². The summed E-state index contributed by atoms with van der Waals surface area (Å²) in [5.74, 6) is -0.556. The molecule has 0 saturated heterocycles. The summed E-state index contributed by atoms with van der Waals surface area (Å²) in [5.41, 5.74) is 2.12. The smallest absolute Gasteiger partial charge is 0.310 e. The van der Waals surface area contributed by atoms with Crippen molar-refractivity contribution in [2.24, 2.45) is 0 Å². The van der Waals surface area contributed by atoms with Crippen LogP contribution in [0.25, 0.3) is 17.7 Å². The van der Waals surface area contributed by atoms with Crippen LogP contribution in [0.3, 0.4) is 0 Å². The van der Waals surface area contributed by atoms with E-state index in [-0.39, 0.29) is 28.8 Å². The molecule has 0 spiro atoms. The van der Waals surface area contributed by atoms with Gasteiger partial charge in [-0.2, -0.15) is 0 Å². The largest absolute Gasteiger partial charge is 0.493 e. The number of benzene rings is 2. The third kappa shape index (κ3) is 3.41. The number of thiazole rings is 1. The number of hydrogen-bond acceptors (Lipinski definition) is 6. The monoisotopic (exact) mass is 406 g/mol. The van der Waals surface area contributed by atoms with Crippen molar-refractivity contribution in [1.29, 1.82) is 0 Å². The van der Waals surface area contributed by atoms with Gasteiger partial charge in [0, 0.05) is 17.2 Å². The Hall–Kier alpha value is -3.78. The minimum atomic E-state index is -0.531. The fourth-order valence-corrected chi connectivity index (χ4v) is 4.02. The Bertz CT molecular complexity index is 1270. The highest BCUT2D eigenvalue weighted by molar-refractivity contribution is 7.10. The van der Waals surface area contributed by atoms with Gasteiger partial charge in [0.25, 0.3) is 5.69 Å². The van der Waals surface area contributed by atoms with E-state index in [4.69, 9.17) is 0 Å². The zero-order chi connectivity index (χ0) is 20.5. The van der Waals surface area contributed by atoms with Gasteiger partial charge >= 0.3 is 4.87 Å². The summed E-state index contributed by atoms with van der Waals surface area (Å²) in [7, 11) is 0. The second-order valence-corrected chi connectivity index (χ2v) is 7.36. The number of allylic oxidation sites excluding steroid dienone is 2. The summed E-state index contributed by atoms with van der Waals surface area (Å²) in [6.07, 6.45) is 4.65. The first-order chi connectivity index (χ1) is 14.0. The second-order valence-electron chi connectivity index (χ2n) is 6.37. The lowest BCUT2D eigenvalue weighted by Crippen LogP contribution is -2.14. The van der Waals surface area contributed by atoms with Crippen LogP contribution >= 0.6 is 11.3 Å². The molecule has 1 heterocycles. The maximum atomic E-state index is 12.4. The Labute approximate surface area is 168 Å². The molecule has 0 aliphatic heterocycles. The molecule has 144 valence electrons. The van der Waals surface area contributed by atoms with Crippen molar-refractivity contribution >= 4 is 40.5 Å². The van der Waals surface area contributed by atoms with E-state index in [1.54, 1.807) is 24.3 Å². The van der Waals surface area contributed by atoms with E-state index in [2.05, 4.69) is 0 Å². The number of nitro groups is 1.